The fourth-order valence-electron chi connectivity index (χ4n) is 1.51. The molecule has 1 amide bonds. The van der Waals surface area contributed by atoms with Crippen molar-refractivity contribution >= 4 is 34.5 Å². The Morgan fingerprint density at radius 3 is 2.67 bits per heavy atom. The molecule has 2 N–H and O–H groups in total. The van der Waals surface area contributed by atoms with Gasteiger partial charge in [0.15, 0.2) is 0 Å². The van der Waals surface area contributed by atoms with Gasteiger partial charge in [0, 0.05) is 22.1 Å². The summed E-state index contributed by atoms with van der Waals surface area (Å²) in [6.07, 6.45) is 2.49. The number of carboxylic acids is 1. The Morgan fingerprint density at radius 2 is 2.00 bits per heavy atom. The van der Waals surface area contributed by atoms with Crippen LogP contribution in [-0.4, -0.2) is 23.5 Å². The first-order chi connectivity index (χ1) is 8.59. The zero-order valence-electron chi connectivity index (χ0n) is 9.99. The zero-order chi connectivity index (χ0) is 13.4. The largest absolute Gasteiger partial charge is 0.481 e. The summed E-state index contributed by atoms with van der Waals surface area (Å²) in [7, 11) is 0. The average molecular weight is 361 g/mol. The first-order valence-electron chi connectivity index (χ1n) is 5.85. The summed E-state index contributed by atoms with van der Waals surface area (Å²) >= 11 is 2.17. The lowest BCUT2D eigenvalue weighted by atomic mass is 10.2. The Labute approximate surface area is 120 Å². The molecule has 18 heavy (non-hydrogen) atoms. The summed E-state index contributed by atoms with van der Waals surface area (Å²) in [5, 5.41) is 11.3. The number of rotatable bonds is 7. The standard InChI is InChI=1S/C13H16INO3/c14-11-6-4-5-10(9-11)13(18)15-8-3-1-2-7-12(16)17/h4-6,9H,1-3,7-8H2,(H,15,18)(H,16,17). The van der Waals surface area contributed by atoms with Crippen LogP contribution in [-0.2, 0) is 4.79 Å². The average Bonchev–Trinajstić information content (AvgIpc) is 2.33. The predicted molar refractivity (Wildman–Crippen MR) is 77.6 cm³/mol. The third-order valence-corrected chi connectivity index (χ3v) is 3.11. The molecule has 0 spiro atoms. The number of aliphatic carboxylic acids is 1. The number of amides is 1. The van der Waals surface area contributed by atoms with E-state index in [9.17, 15) is 9.59 Å². The van der Waals surface area contributed by atoms with Crippen molar-refractivity contribution in [3.8, 4) is 0 Å². The number of halogens is 1. The van der Waals surface area contributed by atoms with Crippen molar-refractivity contribution < 1.29 is 14.7 Å². The molecule has 0 atom stereocenters. The number of carboxylic acid groups (broad SMARTS) is 1. The highest BCUT2D eigenvalue weighted by Crippen LogP contribution is 2.07. The first kappa shape index (κ1) is 14.9. The number of nitrogens with one attached hydrogen (secondary N) is 1. The van der Waals surface area contributed by atoms with Gasteiger partial charge in [0.1, 0.15) is 0 Å². The summed E-state index contributed by atoms with van der Waals surface area (Å²) in [6.45, 7) is 0.587. The monoisotopic (exact) mass is 361 g/mol. The van der Waals surface area contributed by atoms with Crippen LogP contribution in [0.3, 0.4) is 0 Å². The molecule has 0 unspecified atom stereocenters. The maximum atomic E-state index is 11.7. The highest BCUT2D eigenvalue weighted by Gasteiger charge is 2.04. The maximum Gasteiger partial charge on any atom is 0.303 e. The molecule has 4 nitrogen and oxygen atoms in total. The summed E-state index contributed by atoms with van der Waals surface area (Å²) in [5.74, 6) is -0.843. The van der Waals surface area contributed by atoms with E-state index in [0.29, 0.717) is 18.5 Å². The molecule has 1 aromatic rings. The SMILES string of the molecule is O=C(O)CCCCCNC(=O)c1cccc(I)c1. The van der Waals surface area contributed by atoms with Crippen LogP contribution in [0.2, 0.25) is 0 Å². The fourth-order valence-corrected chi connectivity index (χ4v) is 2.05. The minimum absolute atomic E-state index is 0.0771. The molecule has 0 bridgehead atoms. The predicted octanol–water partition coefficient (Wildman–Crippen LogP) is 2.67. The minimum Gasteiger partial charge on any atom is -0.481 e. The molecular formula is C13H16INO3. The molecule has 1 rings (SSSR count). The van der Waals surface area contributed by atoms with Gasteiger partial charge in [-0.05, 0) is 53.6 Å². The molecule has 0 radical (unpaired) electrons. The molecule has 0 saturated heterocycles. The summed E-state index contributed by atoms with van der Waals surface area (Å²) in [6, 6.07) is 7.40. The van der Waals surface area contributed by atoms with Crippen molar-refractivity contribution in [2.24, 2.45) is 0 Å². The fraction of sp³-hybridized carbons (Fsp3) is 0.385. The smallest absolute Gasteiger partial charge is 0.303 e. The Morgan fingerprint density at radius 1 is 1.22 bits per heavy atom. The van der Waals surface area contributed by atoms with Crippen LogP contribution >= 0.6 is 22.6 Å². The molecule has 0 saturated carbocycles. The van der Waals surface area contributed by atoms with Gasteiger partial charge in [-0.2, -0.15) is 0 Å². The van der Waals surface area contributed by atoms with Crippen LogP contribution in [0.25, 0.3) is 0 Å². The second kappa shape index (κ2) is 8.07. The Bertz CT molecular complexity index is 420. The van der Waals surface area contributed by atoms with Crippen molar-refractivity contribution in [3.63, 3.8) is 0 Å². The van der Waals surface area contributed by atoms with Gasteiger partial charge < -0.3 is 10.4 Å². The van der Waals surface area contributed by atoms with E-state index in [2.05, 4.69) is 27.9 Å². The van der Waals surface area contributed by atoms with Crippen LogP contribution in [0.15, 0.2) is 24.3 Å². The zero-order valence-corrected chi connectivity index (χ0v) is 12.1. The molecule has 0 fully saturated rings. The number of benzene rings is 1. The van der Waals surface area contributed by atoms with Crippen molar-refractivity contribution in [3.05, 3.63) is 33.4 Å². The van der Waals surface area contributed by atoms with Gasteiger partial charge in [-0.15, -0.1) is 0 Å². The van der Waals surface area contributed by atoms with E-state index in [-0.39, 0.29) is 12.3 Å². The number of hydrogen-bond donors (Lipinski definition) is 2. The van der Waals surface area contributed by atoms with E-state index in [1.54, 1.807) is 6.07 Å². The van der Waals surface area contributed by atoms with Crippen molar-refractivity contribution in [1.29, 1.82) is 0 Å². The first-order valence-corrected chi connectivity index (χ1v) is 6.93. The third-order valence-electron chi connectivity index (χ3n) is 2.44. The van der Waals surface area contributed by atoms with Crippen LogP contribution in [0.4, 0.5) is 0 Å². The summed E-state index contributed by atoms with van der Waals surface area (Å²) in [5.41, 5.74) is 0.660. The van der Waals surface area contributed by atoms with E-state index in [0.717, 1.165) is 16.4 Å². The van der Waals surface area contributed by atoms with E-state index in [1.807, 2.05) is 18.2 Å². The summed E-state index contributed by atoms with van der Waals surface area (Å²) in [4.78, 5) is 22.0. The van der Waals surface area contributed by atoms with E-state index < -0.39 is 5.97 Å². The molecule has 1 aromatic carbocycles. The lowest BCUT2D eigenvalue weighted by Gasteiger charge is -2.05. The van der Waals surface area contributed by atoms with Gasteiger partial charge in [0.2, 0.25) is 0 Å². The Hall–Kier alpha value is -1.11. The molecule has 0 aliphatic carbocycles. The summed E-state index contributed by atoms with van der Waals surface area (Å²) < 4.78 is 1.03. The normalized spacial score (nSPS) is 10.1. The van der Waals surface area contributed by atoms with Crippen molar-refractivity contribution in [1.82, 2.24) is 5.32 Å². The number of hydrogen-bond acceptors (Lipinski definition) is 2. The van der Waals surface area contributed by atoms with Crippen LogP contribution < -0.4 is 5.32 Å². The van der Waals surface area contributed by atoms with Gasteiger partial charge in [0.05, 0.1) is 0 Å². The molecule has 0 heterocycles. The second-order valence-electron chi connectivity index (χ2n) is 3.97. The third kappa shape index (κ3) is 6.00. The molecule has 0 aliphatic heterocycles. The van der Waals surface area contributed by atoms with Crippen LogP contribution in [0.5, 0.6) is 0 Å². The lowest BCUT2D eigenvalue weighted by molar-refractivity contribution is -0.137. The van der Waals surface area contributed by atoms with Gasteiger partial charge in [-0.3, -0.25) is 9.59 Å². The Kier molecular flexibility index (Phi) is 6.70. The molecule has 5 heteroatoms. The number of unbranched alkanes of at least 4 members (excludes halogenated alkanes) is 2. The molecule has 98 valence electrons. The second-order valence-corrected chi connectivity index (χ2v) is 5.22. The van der Waals surface area contributed by atoms with Gasteiger partial charge in [-0.1, -0.05) is 12.5 Å². The molecular weight excluding hydrogens is 345 g/mol. The van der Waals surface area contributed by atoms with Gasteiger partial charge in [0.25, 0.3) is 5.91 Å². The molecule has 0 aliphatic rings. The van der Waals surface area contributed by atoms with Crippen molar-refractivity contribution in [2.75, 3.05) is 6.54 Å². The van der Waals surface area contributed by atoms with E-state index in [1.165, 1.54) is 0 Å². The highest BCUT2D eigenvalue weighted by molar-refractivity contribution is 14.1. The topological polar surface area (TPSA) is 66.4 Å². The maximum absolute atomic E-state index is 11.7. The Balaban J connectivity index is 2.20. The van der Waals surface area contributed by atoms with Crippen molar-refractivity contribution in [2.45, 2.75) is 25.7 Å². The highest BCUT2D eigenvalue weighted by atomic mass is 127. The quantitative estimate of drug-likeness (QED) is 0.580. The van der Waals surface area contributed by atoms with Crippen LogP contribution in [0, 0.1) is 3.57 Å². The van der Waals surface area contributed by atoms with Crippen LogP contribution in [0.1, 0.15) is 36.0 Å². The van der Waals surface area contributed by atoms with E-state index >= 15 is 0 Å². The number of carbonyl (C=O) groups excluding carboxylic acids is 1. The van der Waals surface area contributed by atoms with Gasteiger partial charge in [-0.25, -0.2) is 0 Å². The van der Waals surface area contributed by atoms with E-state index in [4.69, 9.17) is 5.11 Å². The number of carbonyl (C=O) groups is 2. The van der Waals surface area contributed by atoms with Gasteiger partial charge >= 0.3 is 5.97 Å². The molecule has 0 aromatic heterocycles. The minimum atomic E-state index is -0.766. The lowest BCUT2D eigenvalue weighted by Crippen LogP contribution is -2.24.